The van der Waals surface area contributed by atoms with Gasteiger partial charge < -0.3 is 15.2 Å². The maximum atomic E-state index is 5.92. The minimum absolute atomic E-state index is 0.310. The Bertz CT molecular complexity index is 430. The second-order valence-corrected chi connectivity index (χ2v) is 4.68. The standard InChI is InChI=1S/C13H18N2O3/c14-12-5-10(7-15-3-1-2-4-18-15)13-11(6-12)8-16-9-17-13/h5-6H,1-4,7-9,14H2. The number of anilines is 1. The van der Waals surface area contributed by atoms with Crippen LogP contribution in [-0.2, 0) is 22.7 Å². The third-order valence-electron chi connectivity index (χ3n) is 3.23. The van der Waals surface area contributed by atoms with E-state index in [1.165, 1.54) is 6.42 Å². The number of fused-ring (bicyclic) bond motifs is 1. The number of nitrogens with two attached hydrogens (primary N) is 1. The van der Waals surface area contributed by atoms with Gasteiger partial charge in [0.1, 0.15) is 5.75 Å². The number of hydroxylamine groups is 2. The number of nitrogen functional groups attached to an aromatic ring is 1. The second kappa shape index (κ2) is 5.14. The first-order valence-corrected chi connectivity index (χ1v) is 6.32. The Morgan fingerprint density at radius 2 is 2.22 bits per heavy atom. The summed E-state index contributed by atoms with van der Waals surface area (Å²) < 4.78 is 10.9. The largest absolute Gasteiger partial charge is 0.467 e. The van der Waals surface area contributed by atoms with Crippen LogP contribution in [0.1, 0.15) is 24.0 Å². The lowest BCUT2D eigenvalue weighted by Crippen LogP contribution is -2.30. The molecule has 18 heavy (non-hydrogen) atoms. The maximum Gasteiger partial charge on any atom is 0.189 e. The van der Waals surface area contributed by atoms with Crippen molar-refractivity contribution < 1.29 is 14.3 Å². The van der Waals surface area contributed by atoms with Crippen molar-refractivity contribution in [3.63, 3.8) is 0 Å². The van der Waals surface area contributed by atoms with Crippen LogP contribution in [0.2, 0.25) is 0 Å². The lowest BCUT2D eigenvalue weighted by atomic mass is 10.1. The van der Waals surface area contributed by atoms with E-state index in [1.807, 2.05) is 17.2 Å². The molecule has 3 rings (SSSR count). The van der Waals surface area contributed by atoms with Crippen molar-refractivity contribution in [1.82, 2.24) is 5.06 Å². The van der Waals surface area contributed by atoms with Crippen LogP contribution >= 0.6 is 0 Å². The Morgan fingerprint density at radius 3 is 3.06 bits per heavy atom. The summed E-state index contributed by atoms with van der Waals surface area (Å²) in [6, 6.07) is 3.87. The Hall–Kier alpha value is -1.30. The van der Waals surface area contributed by atoms with Gasteiger partial charge in [0.2, 0.25) is 0 Å². The maximum absolute atomic E-state index is 5.92. The predicted octanol–water partition coefficient (Wildman–Crippen LogP) is 1.66. The smallest absolute Gasteiger partial charge is 0.189 e. The zero-order valence-corrected chi connectivity index (χ0v) is 10.4. The van der Waals surface area contributed by atoms with E-state index >= 15 is 0 Å². The molecule has 2 heterocycles. The summed E-state index contributed by atoms with van der Waals surface area (Å²) in [6.45, 7) is 3.35. The molecule has 0 bridgehead atoms. The third-order valence-corrected chi connectivity index (χ3v) is 3.23. The summed E-state index contributed by atoms with van der Waals surface area (Å²) in [6.07, 6.45) is 2.31. The van der Waals surface area contributed by atoms with Crippen molar-refractivity contribution in [2.45, 2.75) is 26.0 Å². The molecule has 0 aliphatic carbocycles. The lowest BCUT2D eigenvalue weighted by Gasteiger charge is -2.28. The van der Waals surface area contributed by atoms with E-state index in [-0.39, 0.29) is 0 Å². The first-order chi connectivity index (χ1) is 8.83. The van der Waals surface area contributed by atoms with Gasteiger partial charge in [-0.1, -0.05) is 0 Å². The van der Waals surface area contributed by atoms with E-state index in [0.717, 1.165) is 42.1 Å². The molecule has 0 aromatic heterocycles. The van der Waals surface area contributed by atoms with Crippen LogP contribution in [0.5, 0.6) is 5.75 Å². The molecular formula is C13H18N2O3. The normalized spacial score (nSPS) is 20.2. The minimum atomic E-state index is 0.310. The van der Waals surface area contributed by atoms with E-state index < -0.39 is 0 Å². The Morgan fingerprint density at radius 1 is 1.28 bits per heavy atom. The van der Waals surface area contributed by atoms with Crippen molar-refractivity contribution in [3.05, 3.63) is 23.3 Å². The Kier molecular flexibility index (Phi) is 3.36. The van der Waals surface area contributed by atoms with E-state index in [9.17, 15) is 0 Å². The molecule has 5 nitrogen and oxygen atoms in total. The van der Waals surface area contributed by atoms with E-state index in [2.05, 4.69) is 0 Å². The van der Waals surface area contributed by atoms with Crippen molar-refractivity contribution in [2.24, 2.45) is 0 Å². The first-order valence-electron chi connectivity index (χ1n) is 6.32. The van der Waals surface area contributed by atoms with Crippen molar-refractivity contribution in [2.75, 3.05) is 25.7 Å². The zero-order valence-electron chi connectivity index (χ0n) is 10.4. The highest BCUT2D eigenvalue weighted by molar-refractivity contribution is 5.53. The molecule has 0 atom stereocenters. The van der Waals surface area contributed by atoms with Crippen LogP contribution < -0.4 is 10.5 Å². The average Bonchev–Trinajstić information content (AvgIpc) is 2.40. The van der Waals surface area contributed by atoms with Gasteiger partial charge in [-0.3, -0.25) is 4.84 Å². The minimum Gasteiger partial charge on any atom is -0.467 e. The number of nitrogens with zero attached hydrogens (tertiary/aromatic N) is 1. The number of benzene rings is 1. The van der Waals surface area contributed by atoms with Crippen LogP contribution in [-0.4, -0.2) is 25.0 Å². The summed E-state index contributed by atoms with van der Waals surface area (Å²) in [4.78, 5) is 5.62. The summed E-state index contributed by atoms with van der Waals surface area (Å²) in [7, 11) is 0. The summed E-state index contributed by atoms with van der Waals surface area (Å²) in [5.41, 5.74) is 8.76. The summed E-state index contributed by atoms with van der Waals surface area (Å²) in [5, 5.41) is 1.98. The van der Waals surface area contributed by atoms with Gasteiger partial charge in [0.15, 0.2) is 6.79 Å². The molecule has 5 heteroatoms. The van der Waals surface area contributed by atoms with Crippen molar-refractivity contribution in [1.29, 1.82) is 0 Å². The predicted molar refractivity (Wildman–Crippen MR) is 66.7 cm³/mol. The zero-order chi connectivity index (χ0) is 12.4. The molecule has 0 radical (unpaired) electrons. The highest BCUT2D eigenvalue weighted by Crippen LogP contribution is 2.32. The highest BCUT2D eigenvalue weighted by atomic mass is 16.7. The number of hydrogen-bond acceptors (Lipinski definition) is 5. The number of ether oxygens (including phenoxy) is 2. The fourth-order valence-electron chi connectivity index (χ4n) is 2.41. The van der Waals surface area contributed by atoms with Gasteiger partial charge in [0, 0.05) is 23.4 Å². The molecule has 0 saturated carbocycles. The molecule has 2 aliphatic heterocycles. The van der Waals surface area contributed by atoms with Crippen LogP contribution in [0.25, 0.3) is 0 Å². The molecule has 0 spiro atoms. The number of hydrogen-bond donors (Lipinski definition) is 1. The quantitative estimate of drug-likeness (QED) is 0.809. The van der Waals surface area contributed by atoms with Gasteiger partial charge >= 0.3 is 0 Å². The lowest BCUT2D eigenvalue weighted by molar-refractivity contribution is -0.187. The Balaban J connectivity index is 1.83. The topological polar surface area (TPSA) is 57.0 Å². The Labute approximate surface area is 106 Å². The van der Waals surface area contributed by atoms with E-state index in [1.54, 1.807) is 0 Å². The fraction of sp³-hybridized carbons (Fsp3) is 0.538. The summed E-state index contributed by atoms with van der Waals surface area (Å²) in [5.74, 6) is 0.907. The average molecular weight is 250 g/mol. The highest BCUT2D eigenvalue weighted by Gasteiger charge is 2.19. The molecule has 1 saturated heterocycles. The second-order valence-electron chi connectivity index (χ2n) is 4.68. The SMILES string of the molecule is Nc1cc2c(c(CN3CCCCO3)c1)OCOC2. The molecule has 0 amide bonds. The third kappa shape index (κ3) is 2.43. The van der Waals surface area contributed by atoms with Crippen LogP contribution in [0.3, 0.4) is 0 Å². The van der Waals surface area contributed by atoms with Crippen LogP contribution in [0.15, 0.2) is 12.1 Å². The number of rotatable bonds is 2. The van der Waals surface area contributed by atoms with Gasteiger partial charge in [-0.05, 0) is 25.0 Å². The fourth-order valence-corrected chi connectivity index (χ4v) is 2.41. The van der Waals surface area contributed by atoms with Crippen molar-refractivity contribution >= 4 is 5.69 Å². The van der Waals surface area contributed by atoms with Gasteiger partial charge in [-0.15, -0.1) is 0 Å². The molecule has 1 aromatic carbocycles. The van der Waals surface area contributed by atoms with E-state index in [0.29, 0.717) is 19.9 Å². The molecule has 1 aromatic rings. The van der Waals surface area contributed by atoms with Crippen LogP contribution in [0, 0.1) is 0 Å². The van der Waals surface area contributed by atoms with Crippen molar-refractivity contribution in [3.8, 4) is 5.75 Å². The first kappa shape index (κ1) is 11.8. The molecule has 98 valence electrons. The molecule has 2 aliphatic rings. The van der Waals surface area contributed by atoms with Gasteiger partial charge in [0.05, 0.1) is 19.8 Å². The monoisotopic (exact) mass is 250 g/mol. The van der Waals surface area contributed by atoms with Gasteiger partial charge in [-0.25, -0.2) is 0 Å². The van der Waals surface area contributed by atoms with Gasteiger partial charge in [0.25, 0.3) is 0 Å². The van der Waals surface area contributed by atoms with Crippen LogP contribution in [0.4, 0.5) is 5.69 Å². The molecule has 1 fully saturated rings. The molecular weight excluding hydrogens is 232 g/mol. The van der Waals surface area contributed by atoms with Gasteiger partial charge in [-0.2, -0.15) is 5.06 Å². The molecule has 0 unspecified atom stereocenters. The summed E-state index contributed by atoms with van der Waals surface area (Å²) >= 11 is 0. The molecule has 2 N–H and O–H groups in total. The van der Waals surface area contributed by atoms with E-state index in [4.69, 9.17) is 20.0 Å².